The summed E-state index contributed by atoms with van der Waals surface area (Å²) in [5, 5.41) is 1.64. The average Bonchev–Trinajstić information content (AvgIpc) is 3.15. The van der Waals surface area contributed by atoms with Gasteiger partial charge in [-0.1, -0.05) is 72.8 Å². The molecule has 3 aromatic carbocycles. The van der Waals surface area contributed by atoms with Crippen LogP contribution in [0.15, 0.2) is 84.7 Å². The Bertz CT molecular complexity index is 906. The summed E-state index contributed by atoms with van der Waals surface area (Å²) in [6.45, 7) is 0.245. The van der Waals surface area contributed by atoms with E-state index < -0.39 is 7.14 Å². The van der Waals surface area contributed by atoms with Crippen molar-refractivity contribution in [3.05, 3.63) is 90.2 Å². The number of hydrogen-bond donors (Lipinski definition) is 0. The van der Waals surface area contributed by atoms with Gasteiger partial charge in [0.2, 0.25) is 6.79 Å². The molecule has 0 fully saturated rings. The molecule has 0 spiro atoms. The summed E-state index contributed by atoms with van der Waals surface area (Å²) < 4.78 is 24.6. The monoisotopic (exact) mass is 348 g/mol. The van der Waals surface area contributed by atoms with Gasteiger partial charge in [-0.05, 0) is 23.5 Å². The Morgan fingerprint density at radius 3 is 2.00 bits per heavy atom. The third-order valence-corrected chi connectivity index (χ3v) is 6.85. The van der Waals surface area contributed by atoms with Crippen molar-refractivity contribution < 1.29 is 14.0 Å². The van der Waals surface area contributed by atoms with Crippen molar-refractivity contribution in [3.63, 3.8) is 0 Å². The maximum Gasteiger partial charge on any atom is 0.231 e. The lowest BCUT2D eigenvalue weighted by Crippen LogP contribution is -2.13. The minimum absolute atomic E-state index is 0.245. The van der Waals surface area contributed by atoms with Crippen LogP contribution in [0.4, 0.5) is 0 Å². The Hall–Kier alpha value is -2.77. The van der Waals surface area contributed by atoms with Gasteiger partial charge in [0.05, 0.1) is 0 Å². The van der Waals surface area contributed by atoms with E-state index in [1.165, 1.54) is 0 Å². The lowest BCUT2D eigenvalue weighted by molar-refractivity contribution is 0.174. The summed E-state index contributed by atoms with van der Waals surface area (Å²) in [6.07, 6.45) is 1.89. The topological polar surface area (TPSA) is 35.5 Å². The van der Waals surface area contributed by atoms with Gasteiger partial charge < -0.3 is 14.0 Å². The lowest BCUT2D eigenvalue weighted by atomic mass is 10.2. The predicted molar refractivity (Wildman–Crippen MR) is 101 cm³/mol. The molecule has 0 aliphatic carbocycles. The van der Waals surface area contributed by atoms with Crippen LogP contribution in [0.25, 0.3) is 6.08 Å². The summed E-state index contributed by atoms with van der Waals surface area (Å²) in [6, 6.07) is 24.9. The highest BCUT2D eigenvalue weighted by Crippen LogP contribution is 2.45. The number of benzene rings is 3. The van der Waals surface area contributed by atoms with Crippen LogP contribution >= 0.6 is 7.14 Å². The summed E-state index contributed by atoms with van der Waals surface area (Å²) in [7, 11) is -2.86. The van der Waals surface area contributed by atoms with E-state index in [0.29, 0.717) is 0 Å². The van der Waals surface area contributed by atoms with E-state index in [1.807, 2.05) is 90.8 Å². The molecule has 0 radical (unpaired) electrons. The van der Waals surface area contributed by atoms with Gasteiger partial charge in [-0.2, -0.15) is 0 Å². The molecular formula is C21H17O3P. The van der Waals surface area contributed by atoms with Crippen LogP contribution in [-0.4, -0.2) is 6.79 Å². The molecule has 0 aromatic heterocycles. The second-order valence-electron chi connectivity index (χ2n) is 5.76. The van der Waals surface area contributed by atoms with Gasteiger partial charge in [0.1, 0.15) is 0 Å². The Kier molecular flexibility index (Phi) is 4.17. The first-order valence-corrected chi connectivity index (χ1v) is 9.83. The molecule has 4 rings (SSSR count). The van der Waals surface area contributed by atoms with E-state index in [2.05, 4.69) is 0 Å². The molecule has 1 aliphatic rings. The second kappa shape index (κ2) is 6.62. The van der Waals surface area contributed by atoms with E-state index in [0.717, 1.165) is 27.7 Å². The zero-order valence-corrected chi connectivity index (χ0v) is 14.4. The minimum atomic E-state index is -2.86. The maximum absolute atomic E-state index is 13.9. The van der Waals surface area contributed by atoms with Crippen LogP contribution in [0.5, 0.6) is 11.5 Å². The molecule has 25 heavy (non-hydrogen) atoms. The first kappa shape index (κ1) is 15.7. The summed E-state index contributed by atoms with van der Waals surface area (Å²) in [5.74, 6) is 3.28. The molecule has 3 nitrogen and oxygen atoms in total. The van der Waals surface area contributed by atoms with E-state index >= 15 is 0 Å². The van der Waals surface area contributed by atoms with Crippen LogP contribution in [0.1, 0.15) is 5.56 Å². The fourth-order valence-corrected chi connectivity index (χ4v) is 5.08. The van der Waals surface area contributed by atoms with Gasteiger partial charge in [-0.25, -0.2) is 0 Å². The largest absolute Gasteiger partial charge is 0.454 e. The van der Waals surface area contributed by atoms with Crippen molar-refractivity contribution in [2.75, 3.05) is 6.79 Å². The lowest BCUT2D eigenvalue weighted by Gasteiger charge is -2.15. The smallest absolute Gasteiger partial charge is 0.231 e. The molecular weight excluding hydrogens is 331 g/mol. The number of hydrogen-bond acceptors (Lipinski definition) is 3. The Morgan fingerprint density at radius 1 is 0.760 bits per heavy atom. The maximum atomic E-state index is 13.9. The first-order chi connectivity index (χ1) is 12.3. The highest BCUT2D eigenvalue weighted by molar-refractivity contribution is 7.81. The molecule has 124 valence electrons. The SMILES string of the molecule is O=P(/C=C/c1ccc2c(c1)OCO2)(c1ccccc1)c1ccccc1. The number of rotatable bonds is 4. The Morgan fingerprint density at radius 2 is 1.36 bits per heavy atom. The quantitative estimate of drug-likeness (QED) is 0.656. The third kappa shape index (κ3) is 3.11. The molecule has 0 unspecified atom stereocenters. The van der Waals surface area contributed by atoms with Crippen molar-refractivity contribution in [3.8, 4) is 11.5 Å². The van der Waals surface area contributed by atoms with E-state index in [9.17, 15) is 4.57 Å². The van der Waals surface area contributed by atoms with E-state index in [4.69, 9.17) is 9.47 Å². The van der Waals surface area contributed by atoms with Gasteiger partial charge in [0.15, 0.2) is 18.6 Å². The van der Waals surface area contributed by atoms with Gasteiger partial charge in [-0.15, -0.1) is 0 Å². The highest BCUT2D eigenvalue weighted by Gasteiger charge is 2.23. The van der Waals surface area contributed by atoms with E-state index in [1.54, 1.807) is 0 Å². The zero-order valence-electron chi connectivity index (χ0n) is 13.5. The number of fused-ring (bicyclic) bond motifs is 1. The molecule has 0 N–H and O–H groups in total. The standard InChI is InChI=1S/C21H17O3P/c22-25(18-7-3-1-4-8-18,19-9-5-2-6-10-19)14-13-17-11-12-20-21(15-17)24-16-23-20/h1-15H,16H2/b14-13+. The molecule has 1 aliphatic heterocycles. The van der Waals surface area contributed by atoms with Gasteiger partial charge in [0.25, 0.3) is 0 Å². The average molecular weight is 348 g/mol. The molecule has 0 amide bonds. The zero-order chi connectivity index (χ0) is 17.1. The third-order valence-electron chi connectivity index (χ3n) is 4.15. The van der Waals surface area contributed by atoms with Gasteiger partial charge in [-0.3, -0.25) is 0 Å². The van der Waals surface area contributed by atoms with Gasteiger partial charge >= 0.3 is 0 Å². The molecule has 0 saturated carbocycles. The summed E-state index contributed by atoms with van der Waals surface area (Å²) >= 11 is 0. The summed E-state index contributed by atoms with van der Waals surface area (Å²) in [4.78, 5) is 0. The molecule has 1 heterocycles. The second-order valence-corrected chi connectivity index (χ2v) is 8.40. The van der Waals surface area contributed by atoms with Crippen molar-refractivity contribution in [1.82, 2.24) is 0 Å². The predicted octanol–water partition coefficient (Wildman–Crippen LogP) is 4.40. The Labute approximate surface area is 146 Å². The molecule has 3 aromatic rings. The number of ether oxygens (including phenoxy) is 2. The van der Waals surface area contributed by atoms with Crippen LogP contribution < -0.4 is 20.1 Å². The van der Waals surface area contributed by atoms with Gasteiger partial charge in [0, 0.05) is 10.6 Å². The molecule has 0 saturated heterocycles. The molecule has 0 bridgehead atoms. The Balaban J connectivity index is 1.76. The highest BCUT2D eigenvalue weighted by atomic mass is 31.2. The fourth-order valence-electron chi connectivity index (χ4n) is 2.83. The minimum Gasteiger partial charge on any atom is -0.454 e. The first-order valence-electron chi connectivity index (χ1n) is 8.05. The molecule has 0 atom stereocenters. The van der Waals surface area contributed by atoms with Crippen molar-refractivity contribution >= 4 is 23.8 Å². The summed E-state index contributed by atoms with van der Waals surface area (Å²) in [5.41, 5.74) is 0.927. The van der Waals surface area contributed by atoms with Crippen LogP contribution in [0.2, 0.25) is 0 Å². The molecule has 4 heteroatoms. The van der Waals surface area contributed by atoms with Crippen molar-refractivity contribution in [1.29, 1.82) is 0 Å². The van der Waals surface area contributed by atoms with Crippen molar-refractivity contribution in [2.45, 2.75) is 0 Å². The van der Waals surface area contributed by atoms with Crippen molar-refractivity contribution in [2.24, 2.45) is 0 Å². The van der Waals surface area contributed by atoms with Crippen LogP contribution in [0, 0.1) is 0 Å². The van der Waals surface area contributed by atoms with E-state index in [-0.39, 0.29) is 6.79 Å². The van der Waals surface area contributed by atoms with Crippen LogP contribution in [-0.2, 0) is 4.57 Å². The fraction of sp³-hybridized carbons (Fsp3) is 0.0476. The normalized spacial score (nSPS) is 13.3. The van der Waals surface area contributed by atoms with Crippen LogP contribution in [0.3, 0.4) is 0 Å².